The summed E-state index contributed by atoms with van der Waals surface area (Å²) in [6.07, 6.45) is 2.83. The van der Waals surface area contributed by atoms with Crippen LogP contribution in [0.4, 0.5) is 0 Å². The second kappa shape index (κ2) is 6.03. The van der Waals surface area contributed by atoms with E-state index >= 15 is 0 Å². The van der Waals surface area contributed by atoms with E-state index in [1.165, 1.54) is 0 Å². The van der Waals surface area contributed by atoms with Crippen LogP contribution in [0.25, 0.3) is 0 Å². The van der Waals surface area contributed by atoms with E-state index in [9.17, 15) is 0 Å². The predicted molar refractivity (Wildman–Crippen MR) is 86.4 cm³/mol. The van der Waals surface area contributed by atoms with Crippen molar-refractivity contribution in [2.24, 2.45) is 0 Å². The molecule has 0 radical (unpaired) electrons. The van der Waals surface area contributed by atoms with Gasteiger partial charge in [0.25, 0.3) is 0 Å². The van der Waals surface area contributed by atoms with Crippen LogP contribution in [0.1, 0.15) is 53.0 Å². The van der Waals surface area contributed by atoms with Gasteiger partial charge in [-0.15, -0.1) is 10.2 Å². The number of aromatic nitrogens is 2. The molecule has 1 aliphatic heterocycles. The molecule has 0 amide bonds. The minimum absolute atomic E-state index is 0.295. The van der Waals surface area contributed by atoms with Gasteiger partial charge in [0, 0.05) is 5.46 Å². The fourth-order valence-electron chi connectivity index (χ4n) is 2.23. The zero-order valence-electron chi connectivity index (χ0n) is 13.2. The number of halogens is 2. The molecule has 2 rings (SSSR count). The lowest BCUT2D eigenvalue weighted by Crippen LogP contribution is -2.41. The summed E-state index contributed by atoms with van der Waals surface area (Å²) >= 11 is 12.5. The Kier molecular flexibility index (Phi) is 4.89. The highest BCUT2D eigenvalue weighted by Gasteiger charge is 2.53. The van der Waals surface area contributed by atoms with Gasteiger partial charge in [0.1, 0.15) is 0 Å². The highest BCUT2D eigenvalue weighted by molar-refractivity contribution is 6.66. The normalized spacial score (nSPS) is 20.0. The molecule has 2 heterocycles. The van der Waals surface area contributed by atoms with Crippen molar-refractivity contribution in [3.63, 3.8) is 0 Å². The van der Waals surface area contributed by atoms with E-state index < -0.39 is 18.3 Å². The molecule has 1 aromatic heterocycles. The maximum Gasteiger partial charge on any atom is 0.498 e. The molecule has 1 aromatic rings. The molecule has 0 unspecified atom stereocenters. The fraction of sp³-hybridized carbons (Fsp3) is 0.714. The number of hydrogen-bond acceptors (Lipinski definition) is 4. The number of rotatable bonds is 4. The monoisotopic (exact) mass is 330 g/mol. The molecule has 0 bridgehead atoms. The fourth-order valence-corrected chi connectivity index (χ4v) is 2.70. The third-order valence-electron chi connectivity index (χ3n) is 4.29. The summed E-state index contributed by atoms with van der Waals surface area (Å²) in [7, 11) is -0.567. The average Bonchev–Trinajstić information content (AvgIpc) is 2.59. The van der Waals surface area contributed by atoms with E-state index in [-0.39, 0.29) is 0 Å². The van der Waals surface area contributed by atoms with Gasteiger partial charge in [0.2, 0.25) is 0 Å². The molecule has 116 valence electrons. The molecule has 0 aliphatic carbocycles. The first-order valence-corrected chi connectivity index (χ1v) is 8.01. The summed E-state index contributed by atoms with van der Waals surface area (Å²) in [6, 6.07) is 0. The van der Waals surface area contributed by atoms with Gasteiger partial charge in [-0.05, 0) is 46.1 Å². The van der Waals surface area contributed by atoms with Crippen LogP contribution < -0.4 is 5.46 Å². The Morgan fingerprint density at radius 3 is 2.05 bits per heavy atom. The summed E-state index contributed by atoms with van der Waals surface area (Å²) in [6.45, 7) is 10.1. The molecule has 7 heteroatoms. The average molecular weight is 331 g/mol. The summed E-state index contributed by atoms with van der Waals surface area (Å²) < 4.78 is 12.1. The third-order valence-corrected chi connectivity index (χ3v) is 4.87. The van der Waals surface area contributed by atoms with E-state index in [1.807, 2.05) is 27.7 Å². The van der Waals surface area contributed by atoms with Gasteiger partial charge in [-0.25, -0.2) is 0 Å². The molecule has 21 heavy (non-hydrogen) atoms. The Bertz CT molecular complexity index is 522. The van der Waals surface area contributed by atoms with Crippen molar-refractivity contribution in [3.8, 4) is 0 Å². The van der Waals surface area contributed by atoms with E-state index in [1.54, 1.807) is 0 Å². The first-order valence-electron chi connectivity index (χ1n) is 7.25. The van der Waals surface area contributed by atoms with Gasteiger partial charge in [-0.1, -0.05) is 36.5 Å². The molecule has 0 aromatic carbocycles. The molecule has 0 spiro atoms. The van der Waals surface area contributed by atoms with Gasteiger partial charge in [0.15, 0.2) is 10.3 Å². The SMILES string of the molecule is CCCCc1c(Cl)nnc(Cl)c1B1OC(C)(C)C(C)(C)O1. The van der Waals surface area contributed by atoms with E-state index in [0.29, 0.717) is 15.8 Å². The Labute approximate surface area is 136 Å². The third kappa shape index (κ3) is 3.21. The Morgan fingerprint density at radius 2 is 1.52 bits per heavy atom. The van der Waals surface area contributed by atoms with Crippen molar-refractivity contribution in [2.75, 3.05) is 0 Å². The van der Waals surface area contributed by atoms with Crippen molar-refractivity contribution in [1.82, 2.24) is 10.2 Å². The van der Waals surface area contributed by atoms with Crippen LogP contribution in [0.2, 0.25) is 10.3 Å². The Balaban J connectivity index is 2.42. The smallest absolute Gasteiger partial charge is 0.399 e. The van der Waals surface area contributed by atoms with Crippen molar-refractivity contribution < 1.29 is 9.31 Å². The summed E-state index contributed by atoms with van der Waals surface area (Å²) in [4.78, 5) is 0. The van der Waals surface area contributed by atoms with Crippen LogP contribution in [-0.2, 0) is 15.7 Å². The lowest BCUT2D eigenvalue weighted by molar-refractivity contribution is 0.00578. The van der Waals surface area contributed by atoms with Crippen LogP contribution in [0.15, 0.2) is 0 Å². The van der Waals surface area contributed by atoms with Gasteiger partial charge in [-0.3, -0.25) is 0 Å². The van der Waals surface area contributed by atoms with Gasteiger partial charge in [-0.2, -0.15) is 0 Å². The molecule has 1 aliphatic rings. The maximum atomic E-state index is 6.25. The van der Waals surface area contributed by atoms with E-state index in [4.69, 9.17) is 32.5 Å². The lowest BCUT2D eigenvalue weighted by Gasteiger charge is -2.32. The zero-order valence-corrected chi connectivity index (χ0v) is 14.7. The second-order valence-corrected chi connectivity index (χ2v) is 7.08. The standard InChI is InChI=1S/C14H21BCl2N2O2/c1-6-7-8-9-10(12(17)19-18-11(9)16)15-20-13(2,3)14(4,5)21-15/h6-8H2,1-5H3. The van der Waals surface area contributed by atoms with E-state index in [0.717, 1.165) is 24.8 Å². The van der Waals surface area contributed by atoms with Crippen molar-refractivity contribution >= 4 is 35.8 Å². The summed E-state index contributed by atoms with van der Waals surface area (Å²) in [5.74, 6) is 0. The zero-order chi connectivity index (χ0) is 15.8. The molecule has 1 saturated heterocycles. The lowest BCUT2D eigenvalue weighted by atomic mass is 9.76. The highest BCUT2D eigenvalue weighted by atomic mass is 35.5. The van der Waals surface area contributed by atoms with Gasteiger partial charge in [0.05, 0.1) is 11.2 Å². The van der Waals surface area contributed by atoms with Crippen LogP contribution in [0.5, 0.6) is 0 Å². The van der Waals surface area contributed by atoms with Crippen LogP contribution in [0.3, 0.4) is 0 Å². The minimum Gasteiger partial charge on any atom is -0.399 e. The van der Waals surface area contributed by atoms with Crippen molar-refractivity contribution in [1.29, 1.82) is 0 Å². The molecule has 4 nitrogen and oxygen atoms in total. The van der Waals surface area contributed by atoms with Crippen LogP contribution in [-0.4, -0.2) is 28.5 Å². The van der Waals surface area contributed by atoms with E-state index in [2.05, 4.69) is 17.1 Å². The summed E-state index contributed by atoms with van der Waals surface area (Å²) in [5, 5.41) is 8.49. The first-order chi connectivity index (χ1) is 9.69. The number of hydrogen-bond donors (Lipinski definition) is 0. The molecular formula is C14H21BCl2N2O2. The topological polar surface area (TPSA) is 44.2 Å². The highest BCUT2D eigenvalue weighted by Crippen LogP contribution is 2.37. The largest absolute Gasteiger partial charge is 0.498 e. The molecule has 0 atom stereocenters. The first kappa shape index (κ1) is 17.0. The molecule has 1 fully saturated rings. The summed E-state index contributed by atoms with van der Waals surface area (Å²) in [5.41, 5.74) is 0.721. The number of nitrogens with zero attached hydrogens (tertiary/aromatic N) is 2. The Hall–Kier alpha value is -0.355. The Morgan fingerprint density at radius 1 is 1.00 bits per heavy atom. The van der Waals surface area contributed by atoms with Gasteiger partial charge >= 0.3 is 7.12 Å². The molecule has 0 N–H and O–H groups in total. The van der Waals surface area contributed by atoms with Gasteiger partial charge < -0.3 is 9.31 Å². The predicted octanol–water partition coefficient (Wildman–Crippen LogP) is 3.43. The number of unbranched alkanes of at least 4 members (excludes halogenated alkanes) is 1. The quantitative estimate of drug-likeness (QED) is 0.793. The molecule has 0 saturated carbocycles. The second-order valence-electron chi connectivity index (χ2n) is 6.37. The minimum atomic E-state index is -0.567. The van der Waals surface area contributed by atoms with Crippen molar-refractivity contribution in [3.05, 3.63) is 15.9 Å². The maximum absolute atomic E-state index is 6.25. The molecular weight excluding hydrogens is 310 g/mol. The van der Waals surface area contributed by atoms with Crippen LogP contribution >= 0.6 is 23.2 Å². The van der Waals surface area contributed by atoms with Crippen LogP contribution in [0, 0.1) is 0 Å². The van der Waals surface area contributed by atoms with Crippen molar-refractivity contribution in [2.45, 2.75) is 65.1 Å².